The Morgan fingerprint density at radius 3 is 2.12 bits per heavy atom. The monoisotopic (exact) mass is 134 g/mol. The maximum absolute atomic E-state index is 3.36. The van der Waals surface area contributed by atoms with Crippen LogP contribution < -0.4 is 11.5 Å². The second kappa shape index (κ2) is 7.14. The van der Waals surface area contributed by atoms with Gasteiger partial charge in [0.2, 0.25) is 0 Å². The molecule has 52 valence electrons. The Labute approximate surface area is 55.1 Å². The number of hydrogen-bond acceptors (Lipinski definition) is 2. The lowest BCUT2D eigenvalue weighted by molar-refractivity contribution is 0.649. The van der Waals surface area contributed by atoms with Crippen molar-refractivity contribution >= 4 is 10.2 Å². The molecule has 8 heavy (non-hydrogen) atoms. The summed E-state index contributed by atoms with van der Waals surface area (Å²) in [6.45, 7) is 5.50. The molecule has 0 saturated carbocycles. The molecule has 0 heterocycles. The van der Waals surface area contributed by atoms with Crippen molar-refractivity contribution in [2.24, 2.45) is 0 Å². The zero-order chi connectivity index (χ0) is 5.70. The summed E-state index contributed by atoms with van der Waals surface area (Å²) in [5.74, 6) is 0. The third-order valence-corrected chi connectivity index (χ3v) is 2.39. The zero-order valence-electron chi connectivity index (χ0n) is 6.20. The van der Waals surface area contributed by atoms with E-state index in [0.717, 1.165) is 12.2 Å². The highest BCUT2D eigenvalue weighted by Gasteiger charge is 1.90. The fourth-order valence-corrected chi connectivity index (χ4v) is 0.901. The highest BCUT2D eigenvalue weighted by Crippen LogP contribution is 1.79. The van der Waals surface area contributed by atoms with Crippen molar-refractivity contribution in [2.45, 2.75) is 25.9 Å². The molecule has 0 fully saturated rings. The Balaban J connectivity index is 0. The van der Waals surface area contributed by atoms with Crippen LogP contribution in [-0.2, 0) is 0 Å². The highest BCUT2D eigenvalue weighted by atomic mass is 28.1. The van der Waals surface area contributed by atoms with E-state index in [4.69, 9.17) is 0 Å². The molecule has 1 atom stereocenters. The van der Waals surface area contributed by atoms with Gasteiger partial charge in [0, 0.05) is 10.2 Å². The van der Waals surface area contributed by atoms with Crippen LogP contribution in [0.15, 0.2) is 0 Å². The first-order valence-electron chi connectivity index (χ1n) is 3.04. The average molecular weight is 134 g/mol. The van der Waals surface area contributed by atoms with Gasteiger partial charge in [-0.2, -0.15) is 0 Å². The van der Waals surface area contributed by atoms with Crippen LogP contribution >= 0.6 is 0 Å². The van der Waals surface area contributed by atoms with E-state index in [1.807, 2.05) is 0 Å². The van der Waals surface area contributed by atoms with Gasteiger partial charge in [-0.05, 0) is 18.6 Å². The summed E-state index contributed by atoms with van der Waals surface area (Å²) >= 11 is 0. The normalized spacial score (nSPS) is 12.8. The molecule has 0 aliphatic heterocycles. The molecule has 0 aromatic carbocycles. The molecule has 0 aliphatic carbocycles. The number of rotatable bonds is 3. The lowest BCUT2D eigenvalue weighted by Crippen LogP contribution is -2.27. The minimum atomic E-state index is 0. The first-order valence-corrected chi connectivity index (χ1v) is 4.20. The van der Waals surface area contributed by atoms with Crippen molar-refractivity contribution in [2.75, 3.05) is 6.54 Å². The third kappa shape index (κ3) is 6.14. The van der Waals surface area contributed by atoms with Gasteiger partial charge in [0.25, 0.3) is 0 Å². The molecule has 0 spiro atoms. The summed E-state index contributed by atoms with van der Waals surface area (Å²) in [6, 6.07) is 0. The Kier molecular flexibility index (Phi) is 9.82. The van der Waals surface area contributed by atoms with Gasteiger partial charge in [0.15, 0.2) is 0 Å². The number of nitrogens with one attached hydrogen (secondary N) is 1. The van der Waals surface area contributed by atoms with Crippen LogP contribution in [0, 0.1) is 0 Å². The molecule has 4 N–H and O–H groups in total. The van der Waals surface area contributed by atoms with E-state index in [2.05, 4.69) is 19.2 Å². The fourth-order valence-electron chi connectivity index (χ4n) is 0.493. The van der Waals surface area contributed by atoms with Crippen molar-refractivity contribution in [3.63, 3.8) is 0 Å². The molecule has 3 heteroatoms. The van der Waals surface area contributed by atoms with Crippen molar-refractivity contribution in [1.82, 2.24) is 11.5 Å². The van der Waals surface area contributed by atoms with Crippen molar-refractivity contribution in [3.8, 4) is 0 Å². The van der Waals surface area contributed by atoms with Crippen LogP contribution in [0.5, 0.6) is 0 Å². The molecule has 0 radical (unpaired) electrons. The van der Waals surface area contributed by atoms with Crippen LogP contribution in [0.4, 0.5) is 0 Å². The van der Waals surface area contributed by atoms with Crippen LogP contribution in [0.1, 0.15) is 20.3 Å². The average Bonchev–Trinajstić information content (AvgIpc) is 1.68. The van der Waals surface area contributed by atoms with Gasteiger partial charge >= 0.3 is 0 Å². The summed E-state index contributed by atoms with van der Waals surface area (Å²) < 4.78 is 0. The Bertz CT molecular complexity index is 41.4. The fraction of sp³-hybridized carbons (Fsp3) is 1.00. The predicted molar refractivity (Wildman–Crippen MR) is 42.7 cm³/mol. The molecule has 2 nitrogen and oxygen atoms in total. The van der Waals surface area contributed by atoms with Gasteiger partial charge in [-0.15, -0.1) is 0 Å². The molecule has 1 unspecified atom stereocenters. The topological polar surface area (TPSA) is 47.0 Å². The molecule has 0 saturated heterocycles. The van der Waals surface area contributed by atoms with Crippen LogP contribution in [0.3, 0.4) is 0 Å². The quantitative estimate of drug-likeness (QED) is 0.528. The van der Waals surface area contributed by atoms with Gasteiger partial charge < -0.3 is 11.5 Å². The van der Waals surface area contributed by atoms with E-state index in [-0.39, 0.29) is 6.15 Å². The van der Waals surface area contributed by atoms with E-state index in [1.165, 1.54) is 16.7 Å². The second-order valence-electron chi connectivity index (χ2n) is 1.87. The molecule has 0 aliphatic rings. The van der Waals surface area contributed by atoms with Gasteiger partial charge in [-0.1, -0.05) is 13.8 Å². The SMILES string of the molecule is CCNC([SiH3])CC.N. The highest BCUT2D eigenvalue weighted by molar-refractivity contribution is 6.11. The van der Waals surface area contributed by atoms with Gasteiger partial charge in [0.1, 0.15) is 0 Å². The van der Waals surface area contributed by atoms with Gasteiger partial charge in [-0.3, -0.25) is 0 Å². The summed E-state index contributed by atoms with van der Waals surface area (Å²) in [7, 11) is 1.29. The van der Waals surface area contributed by atoms with E-state index >= 15 is 0 Å². The van der Waals surface area contributed by atoms with Crippen LogP contribution in [-0.4, -0.2) is 22.5 Å². The molecule has 0 bridgehead atoms. The molecule has 0 aromatic heterocycles. The Morgan fingerprint density at radius 1 is 1.50 bits per heavy atom. The Morgan fingerprint density at radius 2 is 2.00 bits per heavy atom. The van der Waals surface area contributed by atoms with E-state index < -0.39 is 0 Å². The van der Waals surface area contributed by atoms with Crippen LogP contribution in [0.2, 0.25) is 0 Å². The minimum absolute atomic E-state index is 0. The summed E-state index contributed by atoms with van der Waals surface area (Å²) in [6.07, 6.45) is 1.29. The first-order chi connectivity index (χ1) is 3.31. The maximum atomic E-state index is 3.36. The van der Waals surface area contributed by atoms with Gasteiger partial charge in [0.05, 0.1) is 0 Å². The number of hydrogen-bond donors (Lipinski definition) is 2. The maximum Gasteiger partial charge on any atom is 0.0241 e. The first kappa shape index (κ1) is 11.0. The molecule has 0 aromatic rings. The lowest BCUT2D eigenvalue weighted by atomic mass is 10.5. The molecular weight excluding hydrogens is 116 g/mol. The van der Waals surface area contributed by atoms with Crippen molar-refractivity contribution in [1.29, 1.82) is 0 Å². The van der Waals surface area contributed by atoms with E-state index in [9.17, 15) is 0 Å². The van der Waals surface area contributed by atoms with Crippen molar-refractivity contribution in [3.05, 3.63) is 0 Å². The van der Waals surface area contributed by atoms with Crippen molar-refractivity contribution < 1.29 is 0 Å². The smallest absolute Gasteiger partial charge is 0.0241 e. The zero-order valence-corrected chi connectivity index (χ0v) is 8.20. The largest absolute Gasteiger partial charge is 0.344 e. The molecular formula is C5H18N2Si. The van der Waals surface area contributed by atoms with Crippen LogP contribution in [0.25, 0.3) is 0 Å². The summed E-state index contributed by atoms with van der Waals surface area (Å²) in [5, 5.41) is 3.36. The second-order valence-corrected chi connectivity index (χ2v) is 3.26. The van der Waals surface area contributed by atoms with Gasteiger partial charge in [-0.25, -0.2) is 0 Å². The Hall–Kier alpha value is 0.137. The lowest BCUT2D eigenvalue weighted by Gasteiger charge is -2.06. The molecule has 0 rings (SSSR count). The standard InChI is InChI=1S/C5H15NSi.H3N/c1-3-5(7)6-4-2;/h5-6H,3-4H2,1-2,7H3;1H3. The summed E-state index contributed by atoms with van der Waals surface area (Å²) in [5.41, 5.74) is 0.838. The van der Waals surface area contributed by atoms with E-state index in [0.29, 0.717) is 0 Å². The summed E-state index contributed by atoms with van der Waals surface area (Å²) in [4.78, 5) is 0. The minimum Gasteiger partial charge on any atom is -0.344 e. The molecule has 0 amide bonds. The van der Waals surface area contributed by atoms with E-state index in [1.54, 1.807) is 0 Å². The third-order valence-electron chi connectivity index (χ3n) is 1.16. The predicted octanol–water partition coefficient (Wildman–Crippen LogP) is -0.141.